The van der Waals surface area contributed by atoms with Crippen molar-refractivity contribution < 1.29 is 17.9 Å². The molecule has 118 valence electrons. The van der Waals surface area contributed by atoms with Crippen LogP contribution in [0.3, 0.4) is 0 Å². The summed E-state index contributed by atoms with van der Waals surface area (Å²) in [6, 6.07) is -0.491. The fraction of sp³-hybridized carbons (Fsp3) is 0.917. The van der Waals surface area contributed by atoms with Gasteiger partial charge in [0, 0.05) is 32.7 Å². The second kappa shape index (κ2) is 7.35. The number of hydrogen-bond acceptors (Lipinski definition) is 6. The van der Waals surface area contributed by atoms with Crippen LogP contribution in [0.15, 0.2) is 0 Å². The van der Waals surface area contributed by atoms with Gasteiger partial charge < -0.3 is 10.5 Å². The zero-order valence-corrected chi connectivity index (χ0v) is 13.2. The summed E-state index contributed by atoms with van der Waals surface area (Å²) in [4.78, 5) is 13.5. The lowest BCUT2D eigenvalue weighted by Gasteiger charge is -2.37. The van der Waals surface area contributed by atoms with Crippen LogP contribution >= 0.6 is 0 Å². The highest BCUT2D eigenvalue weighted by molar-refractivity contribution is 7.89. The number of methoxy groups -OCH3 is 1. The van der Waals surface area contributed by atoms with Crippen LogP contribution in [0.5, 0.6) is 0 Å². The Balaban J connectivity index is 2.61. The molecular formula is C12H25N3O4S. The molecule has 0 unspecified atom stereocenters. The molecular weight excluding hydrogens is 282 g/mol. The zero-order chi connectivity index (χ0) is 15.3. The van der Waals surface area contributed by atoms with Crippen LogP contribution in [0.4, 0.5) is 0 Å². The normalized spacial score (nSPS) is 20.1. The van der Waals surface area contributed by atoms with Gasteiger partial charge in [0.2, 0.25) is 10.0 Å². The van der Waals surface area contributed by atoms with Crippen LogP contribution in [0, 0.1) is 5.92 Å². The molecule has 0 bridgehead atoms. The lowest BCUT2D eigenvalue weighted by Crippen LogP contribution is -2.56. The lowest BCUT2D eigenvalue weighted by molar-refractivity contribution is -0.147. The minimum Gasteiger partial charge on any atom is -0.468 e. The number of esters is 1. The van der Waals surface area contributed by atoms with Gasteiger partial charge in [-0.3, -0.25) is 9.69 Å². The van der Waals surface area contributed by atoms with Gasteiger partial charge in [0.1, 0.15) is 6.04 Å². The number of carbonyl (C=O) groups is 1. The Bertz CT molecular complexity index is 416. The van der Waals surface area contributed by atoms with E-state index in [2.05, 4.69) is 0 Å². The first-order chi connectivity index (χ1) is 9.31. The van der Waals surface area contributed by atoms with Gasteiger partial charge in [0.05, 0.1) is 12.9 Å². The second-order valence-corrected chi connectivity index (χ2v) is 7.40. The van der Waals surface area contributed by atoms with E-state index in [4.69, 9.17) is 10.5 Å². The van der Waals surface area contributed by atoms with Crippen molar-refractivity contribution in [2.24, 2.45) is 11.7 Å². The smallest absolute Gasteiger partial charge is 0.324 e. The first-order valence-electron chi connectivity index (χ1n) is 6.81. The molecule has 0 aromatic carbocycles. The summed E-state index contributed by atoms with van der Waals surface area (Å²) in [5.41, 5.74) is 5.59. The van der Waals surface area contributed by atoms with Crippen LogP contribution in [0.2, 0.25) is 0 Å². The molecule has 1 fully saturated rings. The third kappa shape index (κ3) is 4.41. The molecule has 7 nitrogen and oxygen atoms in total. The molecule has 0 aliphatic carbocycles. The zero-order valence-electron chi connectivity index (χ0n) is 12.4. The van der Waals surface area contributed by atoms with Gasteiger partial charge in [-0.1, -0.05) is 13.8 Å². The lowest BCUT2D eigenvalue weighted by atomic mass is 10.2. The summed E-state index contributed by atoms with van der Waals surface area (Å²) < 4.78 is 30.5. The molecule has 0 aromatic rings. The van der Waals surface area contributed by atoms with E-state index in [1.807, 2.05) is 18.7 Å². The van der Waals surface area contributed by atoms with Crippen molar-refractivity contribution in [1.82, 2.24) is 9.21 Å². The van der Waals surface area contributed by atoms with E-state index < -0.39 is 16.1 Å². The number of carbonyl (C=O) groups excluding carboxylic acids is 1. The van der Waals surface area contributed by atoms with Crippen molar-refractivity contribution >= 4 is 16.0 Å². The molecule has 1 atom stereocenters. The number of nitrogens with two attached hydrogens (primary N) is 1. The van der Waals surface area contributed by atoms with Gasteiger partial charge in [-0.2, -0.15) is 4.31 Å². The van der Waals surface area contributed by atoms with E-state index in [0.29, 0.717) is 26.2 Å². The third-order valence-electron chi connectivity index (χ3n) is 3.35. The fourth-order valence-corrected chi connectivity index (χ4v) is 4.12. The largest absolute Gasteiger partial charge is 0.468 e. The number of piperazine rings is 1. The highest BCUT2D eigenvalue weighted by atomic mass is 32.2. The predicted octanol–water partition coefficient (Wildman–Crippen LogP) is -0.910. The summed E-state index contributed by atoms with van der Waals surface area (Å²) in [6.45, 7) is 5.71. The van der Waals surface area contributed by atoms with Gasteiger partial charge in [0.25, 0.3) is 0 Å². The topological polar surface area (TPSA) is 92.9 Å². The SMILES string of the molecule is COC(=O)[C@H](CN)N1CCN(S(=O)(=O)CC(C)C)CC1. The number of nitrogens with zero attached hydrogens (tertiary/aromatic N) is 2. The maximum atomic E-state index is 12.1. The maximum Gasteiger partial charge on any atom is 0.324 e. The minimum atomic E-state index is -3.21. The molecule has 2 N–H and O–H groups in total. The molecule has 0 saturated carbocycles. The van der Waals surface area contributed by atoms with Crippen LogP contribution in [0.25, 0.3) is 0 Å². The standard InChI is InChI=1S/C12H25N3O4S/c1-10(2)9-20(17,18)15-6-4-14(5-7-15)11(8-13)12(16)19-3/h10-11H,4-9,13H2,1-3H3/t11-/m0/s1. The average Bonchev–Trinajstić information content (AvgIpc) is 2.38. The van der Waals surface area contributed by atoms with E-state index in [-0.39, 0.29) is 24.2 Å². The molecule has 1 saturated heterocycles. The quantitative estimate of drug-likeness (QED) is 0.639. The molecule has 1 rings (SSSR count). The summed E-state index contributed by atoms with van der Waals surface area (Å²) >= 11 is 0. The molecule has 1 heterocycles. The summed E-state index contributed by atoms with van der Waals surface area (Å²) in [6.07, 6.45) is 0. The van der Waals surface area contributed by atoms with Crippen LogP contribution in [0.1, 0.15) is 13.8 Å². The van der Waals surface area contributed by atoms with Gasteiger partial charge in [0.15, 0.2) is 0 Å². The molecule has 1 aliphatic heterocycles. The van der Waals surface area contributed by atoms with E-state index in [9.17, 15) is 13.2 Å². The average molecular weight is 307 g/mol. The summed E-state index contributed by atoms with van der Waals surface area (Å²) in [5.74, 6) is -0.111. The van der Waals surface area contributed by atoms with Gasteiger partial charge in [-0.15, -0.1) is 0 Å². The molecule has 1 aliphatic rings. The van der Waals surface area contributed by atoms with Gasteiger partial charge in [-0.05, 0) is 5.92 Å². The fourth-order valence-electron chi connectivity index (χ4n) is 2.35. The molecule has 0 spiro atoms. The van der Waals surface area contributed by atoms with E-state index >= 15 is 0 Å². The molecule has 0 amide bonds. The Morgan fingerprint density at radius 1 is 1.25 bits per heavy atom. The van der Waals surface area contributed by atoms with Crippen molar-refractivity contribution in [3.8, 4) is 0 Å². The van der Waals surface area contributed by atoms with Crippen LogP contribution in [-0.2, 0) is 19.6 Å². The minimum absolute atomic E-state index is 0.102. The molecule has 8 heteroatoms. The summed E-state index contributed by atoms with van der Waals surface area (Å²) in [5, 5.41) is 0. The Morgan fingerprint density at radius 3 is 2.20 bits per heavy atom. The van der Waals surface area contributed by atoms with E-state index in [1.165, 1.54) is 11.4 Å². The Kier molecular flexibility index (Phi) is 6.38. The second-order valence-electron chi connectivity index (χ2n) is 5.38. The Hall–Kier alpha value is -0.700. The highest BCUT2D eigenvalue weighted by Gasteiger charge is 2.32. The molecule has 0 radical (unpaired) electrons. The van der Waals surface area contributed by atoms with Crippen LogP contribution in [-0.4, -0.2) is 75.2 Å². The monoisotopic (exact) mass is 307 g/mol. The summed E-state index contributed by atoms with van der Waals surface area (Å²) in [7, 11) is -1.88. The Morgan fingerprint density at radius 2 is 1.80 bits per heavy atom. The first-order valence-corrected chi connectivity index (χ1v) is 8.42. The van der Waals surface area contributed by atoms with Crippen molar-refractivity contribution in [1.29, 1.82) is 0 Å². The molecule has 20 heavy (non-hydrogen) atoms. The first kappa shape index (κ1) is 17.4. The number of sulfonamides is 1. The number of rotatable bonds is 6. The van der Waals surface area contributed by atoms with Crippen molar-refractivity contribution in [3.05, 3.63) is 0 Å². The van der Waals surface area contributed by atoms with E-state index in [1.54, 1.807) is 0 Å². The Labute approximate surface area is 121 Å². The maximum absolute atomic E-state index is 12.1. The third-order valence-corrected chi connectivity index (χ3v) is 5.59. The van der Waals surface area contributed by atoms with Gasteiger partial charge in [-0.25, -0.2) is 8.42 Å². The predicted molar refractivity (Wildman–Crippen MR) is 76.6 cm³/mol. The van der Waals surface area contributed by atoms with Gasteiger partial charge >= 0.3 is 5.97 Å². The number of ether oxygens (including phenoxy) is 1. The number of hydrogen-bond donors (Lipinski definition) is 1. The van der Waals surface area contributed by atoms with Crippen molar-refractivity contribution in [3.63, 3.8) is 0 Å². The molecule has 0 aromatic heterocycles. The van der Waals surface area contributed by atoms with E-state index in [0.717, 1.165) is 0 Å². The van der Waals surface area contributed by atoms with Crippen molar-refractivity contribution in [2.75, 3.05) is 45.6 Å². The van der Waals surface area contributed by atoms with Crippen molar-refractivity contribution in [2.45, 2.75) is 19.9 Å². The van der Waals surface area contributed by atoms with Crippen LogP contribution < -0.4 is 5.73 Å². The highest BCUT2D eigenvalue weighted by Crippen LogP contribution is 2.13.